The van der Waals surface area contributed by atoms with E-state index < -0.39 is 190 Å². The quantitative estimate of drug-likeness (QED) is 0.0214. The van der Waals surface area contributed by atoms with Crippen LogP contribution in [0.3, 0.4) is 0 Å². The second-order valence-corrected chi connectivity index (χ2v) is 18.5. The average molecular weight is 1400 g/mol. The molecular weight excluding hydrogens is 1360 g/mol. The molecule has 0 aliphatic carbocycles. The molecule has 0 aliphatic heterocycles. The summed E-state index contributed by atoms with van der Waals surface area (Å²) < 4.78 is 479. The first kappa shape index (κ1) is 79.5. The van der Waals surface area contributed by atoms with Gasteiger partial charge in [0.05, 0.1) is 60.2 Å². The maximum absolute atomic E-state index is 14.3. The topological polar surface area (TPSA) is 157 Å². The van der Waals surface area contributed by atoms with Crippen molar-refractivity contribution in [3.8, 4) is 11.5 Å². The highest BCUT2D eigenvalue weighted by Gasteiger charge is 2.97. The van der Waals surface area contributed by atoms with Crippen molar-refractivity contribution in [2.75, 3.05) is 26.4 Å². The Kier molecular flexibility index (Phi) is 23.5. The molecule has 0 bridgehead atoms. The summed E-state index contributed by atoms with van der Waals surface area (Å²) in [5.41, 5.74) is -4.32. The molecule has 0 atom stereocenters. The molecule has 0 heterocycles. The molecule has 0 saturated carbocycles. The van der Waals surface area contributed by atoms with Crippen molar-refractivity contribution in [1.29, 1.82) is 0 Å². The summed E-state index contributed by atoms with van der Waals surface area (Å²) in [5.74, 6) is -122. The molecule has 0 fully saturated rings. The largest absolute Gasteiger partial charge is 0.487 e. The molecule has 0 amide bonds. The monoisotopic (exact) mass is 1400 g/mol. The number of halogens is 34. The molecule has 90 heavy (non-hydrogen) atoms. The van der Waals surface area contributed by atoms with Gasteiger partial charge in [0.15, 0.2) is 11.5 Å². The van der Waals surface area contributed by atoms with E-state index in [-0.39, 0.29) is 25.0 Å². The van der Waals surface area contributed by atoms with E-state index in [1.807, 2.05) is 0 Å². The van der Waals surface area contributed by atoms with Gasteiger partial charge < -0.3 is 18.9 Å². The fraction of sp³-hybridized carbons (Fsp3) is 0.682. The molecule has 2 rings (SSSR count). The summed E-state index contributed by atoms with van der Waals surface area (Å²) >= 11 is 0. The van der Waals surface area contributed by atoms with Gasteiger partial charge in [-0.1, -0.05) is 38.5 Å². The van der Waals surface area contributed by atoms with Crippen LogP contribution in [0.15, 0.2) is 36.4 Å². The standard InChI is InChI=1S/C44H34F34N2O10/c45-29(46,31(49,50)33(53,54)35(57,58)37(61,62)39(65,66)41(69,70)43(73,74)75)13-17-87-25-11-9-21(19-23(25)79(83)84)27(81)89-15-7-5-3-1-2-4-6-8-16-90-28(82)22-10-12-26(24(20-22)80(85)86)88-18-14-30(47,48)32(51,52)34(55,56)36(59,60)38(63,64)40(67,68)42(71,72)44(76,77)78/h9-12,19-20H,1-8,13-18H2. The van der Waals surface area contributed by atoms with Gasteiger partial charge in [-0.25, -0.2) is 9.59 Å². The van der Waals surface area contributed by atoms with Crippen molar-refractivity contribution in [2.45, 2.75) is 159 Å². The predicted octanol–water partition coefficient (Wildman–Crippen LogP) is 17.2. The van der Waals surface area contributed by atoms with Crippen molar-refractivity contribution in [3.05, 3.63) is 67.8 Å². The third-order valence-electron chi connectivity index (χ3n) is 12.2. The Morgan fingerprint density at radius 2 is 0.544 bits per heavy atom. The van der Waals surface area contributed by atoms with Crippen LogP contribution in [0.1, 0.15) is 84.9 Å². The molecule has 0 radical (unpaired) electrons. The van der Waals surface area contributed by atoms with Gasteiger partial charge in [0, 0.05) is 12.1 Å². The van der Waals surface area contributed by atoms with Crippen molar-refractivity contribution in [3.63, 3.8) is 0 Å². The zero-order valence-electron chi connectivity index (χ0n) is 43.2. The minimum absolute atomic E-state index is 0.0932. The van der Waals surface area contributed by atoms with Crippen LogP contribution in [0, 0.1) is 20.2 Å². The number of hydrogen-bond acceptors (Lipinski definition) is 10. The molecule has 518 valence electrons. The van der Waals surface area contributed by atoms with Gasteiger partial charge >= 0.3 is 119 Å². The summed E-state index contributed by atoms with van der Waals surface area (Å²) in [6, 6.07) is 2.37. The van der Waals surface area contributed by atoms with Crippen molar-refractivity contribution >= 4 is 23.3 Å². The normalized spacial score (nSPS) is 14.6. The first-order chi connectivity index (χ1) is 40.1. The average Bonchev–Trinajstić information content (AvgIpc) is 0.707. The second kappa shape index (κ2) is 26.6. The number of alkyl halides is 34. The molecule has 0 aromatic heterocycles. The van der Waals surface area contributed by atoms with Crippen LogP contribution in [0.2, 0.25) is 0 Å². The smallest absolute Gasteiger partial charge is 0.460 e. The highest BCUT2D eigenvalue weighted by molar-refractivity contribution is 5.91. The number of carbonyl (C=O) groups excluding carboxylic acids is 2. The van der Waals surface area contributed by atoms with Gasteiger partial charge in [-0.05, 0) is 37.1 Å². The van der Waals surface area contributed by atoms with Gasteiger partial charge in [-0.3, -0.25) is 20.2 Å². The van der Waals surface area contributed by atoms with Gasteiger partial charge in [-0.15, -0.1) is 0 Å². The highest BCUT2D eigenvalue weighted by Crippen LogP contribution is 2.66. The number of rotatable bonds is 35. The van der Waals surface area contributed by atoms with Crippen molar-refractivity contribution < 1.29 is 188 Å². The lowest BCUT2D eigenvalue weighted by atomic mass is 9.88. The molecule has 0 spiro atoms. The molecule has 0 N–H and O–H groups in total. The van der Waals surface area contributed by atoms with Gasteiger partial charge in [-0.2, -0.15) is 149 Å². The maximum atomic E-state index is 14.3. The summed E-state index contributed by atoms with van der Waals surface area (Å²) in [7, 11) is 0. The van der Waals surface area contributed by atoms with Gasteiger partial charge in [0.25, 0.3) is 0 Å². The summed E-state index contributed by atoms with van der Waals surface area (Å²) in [6.45, 7) is -5.29. The van der Waals surface area contributed by atoms with Crippen LogP contribution in [0.5, 0.6) is 11.5 Å². The summed E-state index contributed by atoms with van der Waals surface area (Å²) in [5, 5.41) is 23.0. The number of unbranched alkanes of at least 4 members (excludes halogenated alkanes) is 7. The van der Waals surface area contributed by atoms with E-state index in [2.05, 4.69) is 9.47 Å². The molecular formula is C44H34F34N2O10. The number of nitro benzene ring substituents is 2. The van der Waals surface area contributed by atoms with Crippen LogP contribution >= 0.6 is 0 Å². The Hall–Kier alpha value is -6.60. The Balaban J connectivity index is 1.90. The molecule has 2 aromatic rings. The van der Waals surface area contributed by atoms with Crippen LogP contribution in [-0.2, 0) is 9.47 Å². The Labute approximate surface area is 476 Å². The first-order valence-corrected chi connectivity index (χ1v) is 23.7. The zero-order chi connectivity index (χ0) is 70.7. The lowest BCUT2D eigenvalue weighted by molar-refractivity contribution is -0.461. The SMILES string of the molecule is O=C(OCCCCCCCCCCOC(=O)c1ccc(OCCC(F)(F)C(F)(F)C(F)(F)C(F)(F)C(F)(F)C(F)(F)C(F)(F)C(F)(F)F)c([N+](=O)[O-])c1)c1ccc(OCCC(F)(F)C(F)(F)C(F)(F)C(F)(F)C(F)(F)C(F)(F)C(F)(F)C(F)(F)F)c([N+](=O)[O-])c1. The number of nitro groups is 2. The Morgan fingerprint density at radius 1 is 0.322 bits per heavy atom. The lowest BCUT2D eigenvalue weighted by Gasteiger charge is -2.42. The fourth-order valence-corrected chi connectivity index (χ4v) is 6.86. The van der Waals surface area contributed by atoms with E-state index in [1.54, 1.807) is 0 Å². The molecule has 2 aromatic carbocycles. The first-order valence-electron chi connectivity index (χ1n) is 23.7. The third-order valence-corrected chi connectivity index (χ3v) is 12.2. The van der Waals surface area contributed by atoms with Crippen molar-refractivity contribution in [2.24, 2.45) is 0 Å². The third kappa shape index (κ3) is 14.5. The van der Waals surface area contributed by atoms with E-state index in [0.717, 1.165) is 0 Å². The van der Waals surface area contributed by atoms with E-state index in [9.17, 15) is 179 Å². The molecule has 0 saturated heterocycles. The second-order valence-electron chi connectivity index (χ2n) is 18.5. The number of hydrogen-bond donors (Lipinski definition) is 0. The lowest BCUT2D eigenvalue weighted by Crippen LogP contribution is -2.74. The van der Waals surface area contributed by atoms with Crippen LogP contribution in [0.25, 0.3) is 0 Å². The zero-order valence-corrected chi connectivity index (χ0v) is 43.2. The fourth-order valence-electron chi connectivity index (χ4n) is 6.86. The Bertz CT molecular complexity index is 2650. The minimum atomic E-state index is -8.86. The van der Waals surface area contributed by atoms with E-state index >= 15 is 0 Å². The molecule has 0 unspecified atom stereocenters. The molecule has 12 nitrogen and oxygen atoms in total. The van der Waals surface area contributed by atoms with E-state index in [4.69, 9.17) is 9.47 Å². The number of ether oxygens (including phenoxy) is 4. The van der Waals surface area contributed by atoms with Crippen LogP contribution < -0.4 is 9.47 Å². The van der Waals surface area contributed by atoms with E-state index in [0.29, 0.717) is 62.8 Å². The number of esters is 2. The van der Waals surface area contributed by atoms with E-state index in [1.165, 1.54) is 0 Å². The minimum Gasteiger partial charge on any atom is -0.487 e. The predicted molar refractivity (Wildman–Crippen MR) is 225 cm³/mol. The highest BCUT2D eigenvalue weighted by atomic mass is 19.4. The van der Waals surface area contributed by atoms with Gasteiger partial charge in [0.1, 0.15) is 0 Å². The number of carbonyl (C=O) groups is 2. The van der Waals surface area contributed by atoms with Crippen LogP contribution in [-0.4, -0.2) is 143 Å². The maximum Gasteiger partial charge on any atom is 0.460 e. The van der Waals surface area contributed by atoms with Crippen LogP contribution in [0.4, 0.5) is 161 Å². The molecule has 46 heteroatoms. The number of benzene rings is 2. The summed E-state index contributed by atoms with van der Waals surface area (Å²) in [6.07, 6.45) is -19.5. The van der Waals surface area contributed by atoms with Crippen molar-refractivity contribution in [1.82, 2.24) is 0 Å². The molecule has 0 aliphatic rings. The Morgan fingerprint density at radius 3 is 0.778 bits per heavy atom. The van der Waals surface area contributed by atoms with Gasteiger partial charge in [0.2, 0.25) is 0 Å². The number of nitrogens with zero attached hydrogens (tertiary/aromatic N) is 2. The summed E-state index contributed by atoms with van der Waals surface area (Å²) in [4.78, 5) is 45.0.